The lowest BCUT2D eigenvalue weighted by Crippen LogP contribution is -2.34. The normalized spacial score (nSPS) is 30.1. The summed E-state index contributed by atoms with van der Waals surface area (Å²) in [6.07, 6.45) is 3.92. The minimum Gasteiger partial charge on any atom is -0.355 e. The Morgan fingerprint density at radius 3 is 2.77 bits per heavy atom. The molecular formula is C10H18BrNO. The first-order valence-corrected chi connectivity index (χ1v) is 5.94. The molecule has 3 heteroatoms. The summed E-state index contributed by atoms with van der Waals surface area (Å²) >= 11 is 3.25. The summed E-state index contributed by atoms with van der Waals surface area (Å²) < 4.78 is 0. The zero-order chi connectivity index (χ0) is 9.84. The zero-order valence-corrected chi connectivity index (χ0v) is 9.93. The maximum Gasteiger partial charge on any atom is 0.233 e. The van der Waals surface area contributed by atoms with Crippen molar-refractivity contribution in [1.82, 2.24) is 5.32 Å². The molecule has 0 heterocycles. The van der Waals surface area contributed by atoms with Gasteiger partial charge in [-0.15, -0.1) is 0 Å². The van der Waals surface area contributed by atoms with E-state index in [4.69, 9.17) is 0 Å². The number of hydrogen-bond acceptors (Lipinski definition) is 1. The summed E-state index contributed by atoms with van der Waals surface area (Å²) in [4.78, 5) is 11.2. The number of alkyl halides is 1. The summed E-state index contributed by atoms with van der Waals surface area (Å²) in [5, 5.41) is 2.97. The van der Waals surface area contributed by atoms with Gasteiger partial charge in [-0.2, -0.15) is 0 Å². The number of carbonyl (C=O) groups excluding carboxylic acids is 1. The minimum absolute atomic E-state index is 0.0655. The van der Waals surface area contributed by atoms with Gasteiger partial charge in [-0.25, -0.2) is 0 Å². The summed E-state index contributed by atoms with van der Waals surface area (Å²) in [6.45, 7) is 4.99. The van der Waals surface area contributed by atoms with Gasteiger partial charge in [0.15, 0.2) is 0 Å². The number of halogens is 1. The van der Waals surface area contributed by atoms with E-state index in [1.54, 1.807) is 0 Å². The second-order valence-corrected chi connectivity index (χ2v) is 5.40. The highest BCUT2D eigenvalue weighted by molar-refractivity contribution is 9.10. The van der Waals surface area contributed by atoms with Crippen LogP contribution in [0, 0.1) is 11.8 Å². The van der Waals surface area contributed by atoms with Gasteiger partial charge in [0.1, 0.15) is 0 Å². The predicted octanol–water partition coefficient (Wildman–Crippen LogP) is 2.32. The van der Waals surface area contributed by atoms with Crippen molar-refractivity contribution in [2.75, 3.05) is 6.54 Å². The molecule has 0 aliphatic heterocycles. The fourth-order valence-electron chi connectivity index (χ4n) is 1.90. The van der Waals surface area contributed by atoms with Crippen LogP contribution in [0.25, 0.3) is 0 Å². The Labute approximate surface area is 88.6 Å². The quantitative estimate of drug-likeness (QED) is 0.763. The standard InChI is InChI=1S/C10H18BrNO/c1-7-4-3-5-9(7)6-12-10(13)8(2)11/h7-9H,3-6H2,1-2H3,(H,12,13). The summed E-state index contributed by atoms with van der Waals surface area (Å²) in [7, 11) is 0. The van der Waals surface area contributed by atoms with Crippen LogP contribution in [0.2, 0.25) is 0 Å². The van der Waals surface area contributed by atoms with Gasteiger partial charge in [-0.3, -0.25) is 4.79 Å². The second-order valence-electron chi connectivity index (χ2n) is 4.03. The number of rotatable bonds is 3. The van der Waals surface area contributed by atoms with Crippen molar-refractivity contribution in [1.29, 1.82) is 0 Å². The van der Waals surface area contributed by atoms with Crippen LogP contribution in [0.3, 0.4) is 0 Å². The van der Waals surface area contributed by atoms with Crippen LogP contribution in [-0.4, -0.2) is 17.3 Å². The third kappa shape index (κ3) is 3.29. The van der Waals surface area contributed by atoms with Gasteiger partial charge in [0, 0.05) is 6.54 Å². The Kier molecular flexibility index (Phi) is 4.23. The van der Waals surface area contributed by atoms with E-state index in [-0.39, 0.29) is 10.7 Å². The van der Waals surface area contributed by atoms with Crippen molar-refractivity contribution in [2.45, 2.75) is 37.9 Å². The molecule has 1 amide bonds. The van der Waals surface area contributed by atoms with Crippen LogP contribution < -0.4 is 5.32 Å². The van der Waals surface area contributed by atoms with Crippen molar-refractivity contribution < 1.29 is 4.79 Å². The number of nitrogens with one attached hydrogen (secondary N) is 1. The van der Waals surface area contributed by atoms with E-state index in [9.17, 15) is 4.79 Å². The summed E-state index contributed by atoms with van der Waals surface area (Å²) in [5.41, 5.74) is 0. The van der Waals surface area contributed by atoms with E-state index in [1.165, 1.54) is 19.3 Å². The average Bonchev–Trinajstić information content (AvgIpc) is 2.47. The molecule has 0 saturated heterocycles. The van der Waals surface area contributed by atoms with E-state index in [0.717, 1.165) is 12.5 Å². The van der Waals surface area contributed by atoms with Gasteiger partial charge in [0.05, 0.1) is 4.83 Å². The molecule has 3 unspecified atom stereocenters. The van der Waals surface area contributed by atoms with Crippen LogP contribution in [0.4, 0.5) is 0 Å². The zero-order valence-electron chi connectivity index (χ0n) is 8.35. The lowest BCUT2D eigenvalue weighted by molar-refractivity contribution is -0.120. The highest BCUT2D eigenvalue weighted by Gasteiger charge is 2.23. The van der Waals surface area contributed by atoms with Crippen molar-refractivity contribution in [3.05, 3.63) is 0 Å². The van der Waals surface area contributed by atoms with E-state index < -0.39 is 0 Å². The molecule has 13 heavy (non-hydrogen) atoms. The van der Waals surface area contributed by atoms with Gasteiger partial charge in [0.25, 0.3) is 0 Å². The molecule has 0 bridgehead atoms. The first-order valence-electron chi connectivity index (χ1n) is 5.03. The maximum absolute atomic E-state index is 11.2. The predicted molar refractivity (Wildman–Crippen MR) is 57.9 cm³/mol. The van der Waals surface area contributed by atoms with E-state index in [0.29, 0.717) is 5.92 Å². The third-order valence-corrected chi connectivity index (χ3v) is 3.35. The molecule has 1 fully saturated rings. The van der Waals surface area contributed by atoms with E-state index in [1.807, 2.05) is 6.92 Å². The Morgan fingerprint density at radius 2 is 2.31 bits per heavy atom. The first kappa shape index (κ1) is 11.0. The molecule has 1 N–H and O–H groups in total. The van der Waals surface area contributed by atoms with Crippen LogP contribution in [0.1, 0.15) is 33.1 Å². The van der Waals surface area contributed by atoms with E-state index >= 15 is 0 Å². The smallest absolute Gasteiger partial charge is 0.233 e. The number of amides is 1. The Bertz CT molecular complexity index is 182. The molecule has 0 aromatic heterocycles. The molecular weight excluding hydrogens is 230 g/mol. The summed E-state index contributed by atoms with van der Waals surface area (Å²) in [5.74, 6) is 1.60. The topological polar surface area (TPSA) is 29.1 Å². The van der Waals surface area contributed by atoms with Crippen LogP contribution in [-0.2, 0) is 4.79 Å². The molecule has 1 aliphatic carbocycles. The lowest BCUT2D eigenvalue weighted by atomic mass is 9.98. The largest absolute Gasteiger partial charge is 0.355 e. The molecule has 0 radical (unpaired) electrons. The average molecular weight is 248 g/mol. The fraction of sp³-hybridized carbons (Fsp3) is 0.900. The van der Waals surface area contributed by atoms with Gasteiger partial charge in [0.2, 0.25) is 5.91 Å². The molecule has 1 aliphatic rings. The molecule has 2 nitrogen and oxygen atoms in total. The lowest BCUT2D eigenvalue weighted by Gasteiger charge is -2.16. The fourth-order valence-corrected chi connectivity index (χ4v) is 2.06. The van der Waals surface area contributed by atoms with Gasteiger partial charge < -0.3 is 5.32 Å². The second kappa shape index (κ2) is 4.99. The molecule has 0 aromatic rings. The van der Waals surface area contributed by atoms with Crippen molar-refractivity contribution in [3.63, 3.8) is 0 Å². The molecule has 76 valence electrons. The number of carbonyl (C=O) groups is 1. The Hall–Kier alpha value is -0.0500. The van der Waals surface area contributed by atoms with Crippen molar-refractivity contribution >= 4 is 21.8 Å². The van der Waals surface area contributed by atoms with Crippen molar-refractivity contribution in [2.24, 2.45) is 11.8 Å². The SMILES string of the molecule is CC(Br)C(=O)NCC1CCCC1C. The van der Waals surface area contributed by atoms with Gasteiger partial charge in [-0.1, -0.05) is 35.7 Å². The van der Waals surface area contributed by atoms with Crippen LogP contribution in [0.15, 0.2) is 0 Å². The maximum atomic E-state index is 11.2. The van der Waals surface area contributed by atoms with Crippen LogP contribution >= 0.6 is 15.9 Å². The van der Waals surface area contributed by atoms with E-state index in [2.05, 4.69) is 28.2 Å². The third-order valence-electron chi connectivity index (χ3n) is 2.94. The van der Waals surface area contributed by atoms with Crippen molar-refractivity contribution in [3.8, 4) is 0 Å². The van der Waals surface area contributed by atoms with Gasteiger partial charge in [-0.05, 0) is 25.2 Å². The highest BCUT2D eigenvalue weighted by atomic mass is 79.9. The van der Waals surface area contributed by atoms with Gasteiger partial charge >= 0.3 is 0 Å². The minimum atomic E-state index is -0.0655. The monoisotopic (exact) mass is 247 g/mol. The molecule has 0 aromatic carbocycles. The Morgan fingerprint density at radius 1 is 1.62 bits per heavy atom. The molecule has 1 rings (SSSR count). The number of hydrogen-bond donors (Lipinski definition) is 1. The molecule has 1 saturated carbocycles. The summed E-state index contributed by atoms with van der Waals surface area (Å²) in [6, 6.07) is 0. The Balaban J connectivity index is 2.22. The molecule has 3 atom stereocenters. The molecule has 0 spiro atoms. The highest BCUT2D eigenvalue weighted by Crippen LogP contribution is 2.30. The van der Waals surface area contributed by atoms with Crippen LogP contribution in [0.5, 0.6) is 0 Å². The first-order chi connectivity index (χ1) is 6.11.